The Morgan fingerprint density at radius 2 is 2.20 bits per heavy atom. The van der Waals surface area contributed by atoms with Crippen molar-refractivity contribution in [2.45, 2.75) is 25.6 Å². The van der Waals surface area contributed by atoms with Crippen molar-refractivity contribution in [1.82, 2.24) is 10.2 Å². The first-order valence-electron chi connectivity index (χ1n) is 6.53. The molecule has 1 N–H and O–H groups in total. The smallest absolute Gasteiger partial charge is 0.340 e. The van der Waals surface area contributed by atoms with Gasteiger partial charge >= 0.3 is 6.18 Å². The zero-order chi connectivity index (χ0) is 14.8. The van der Waals surface area contributed by atoms with Crippen LogP contribution < -0.4 is 5.32 Å². The van der Waals surface area contributed by atoms with Gasteiger partial charge in [-0.15, -0.1) is 0 Å². The maximum atomic E-state index is 12.6. The highest BCUT2D eigenvalue weighted by Crippen LogP contribution is 2.29. The molecule has 1 fully saturated rings. The van der Waals surface area contributed by atoms with Gasteiger partial charge in [-0.1, -0.05) is 18.2 Å². The minimum atomic E-state index is -4.37. The van der Waals surface area contributed by atoms with E-state index in [1.54, 1.807) is 11.0 Å². The predicted octanol–water partition coefficient (Wildman–Crippen LogP) is 2.07. The van der Waals surface area contributed by atoms with E-state index in [2.05, 4.69) is 5.32 Å². The lowest BCUT2D eigenvalue weighted by atomic mass is 10.1. The zero-order valence-corrected chi connectivity index (χ0v) is 11.2. The highest BCUT2D eigenvalue weighted by atomic mass is 19.4. The zero-order valence-electron chi connectivity index (χ0n) is 11.2. The van der Waals surface area contributed by atoms with Gasteiger partial charge in [-0.3, -0.25) is 4.79 Å². The van der Waals surface area contributed by atoms with Crippen molar-refractivity contribution in [3.63, 3.8) is 0 Å². The Morgan fingerprint density at radius 3 is 2.85 bits per heavy atom. The molecule has 0 unspecified atom stereocenters. The minimum absolute atomic E-state index is 0.0106. The van der Waals surface area contributed by atoms with E-state index in [1.165, 1.54) is 6.07 Å². The van der Waals surface area contributed by atoms with Crippen LogP contribution in [0, 0.1) is 0 Å². The molecule has 0 aromatic heterocycles. The van der Waals surface area contributed by atoms with E-state index < -0.39 is 11.7 Å². The van der Waals surface area contributed by atoms with Gasteiger partial charge in [-0.25, -0.2) is 0 Å². The van der Waals surface area contributed by atoms with Gasteiger partial charge in [0.1, 0.15) is 0 Å². The topological polar surface area (TPSA) is 32.3 Å². The second kappa shape index (κ2) is 5.83. The van der Waals surface area contributed by atoms with Crippen LogP contribution in [0.4, 0.5) is 13.2 Å². The third-order valence-electron chi connectivity index (χ3n) is 3.33. The quantitative estimate of drug-likeness (QED) is 0.902. The van der Waals surface area contributed by atoms with Gasteiger partial charge in [0.25, 0.3) is 0 Å². The van der Waals surface area contributed by atoms with Crippen LogP contribution in [-0.4, -0.2) is 36.5 Å². The number of carbonyl (C=O) groups excluding carboxylic acids is 1. The Morgan fingerprint density at radius 1 is 1.45 bits per heavy atom. The van der Waals surface area contributed by atoms with E-state index in [9.17, 15) is 18.0 Å². The summed E-state index contributed by atoms with van der Waals surface area (Å²) in [6.07, 6.45) is -4.36. The fourth-order valence-electron chi connectivity index (χ4n) is 2.30. The van der Waals surface area contributed by atoms with Crippen molar-refractivity contribution in [2.24, 2.45) is 0 Å². The van der Waals surface area contributed by atoms with Crippen LogP contribution in [0.2, 0.25) is 0 Å². The molecule has 1 aliphatic rings. The molecular formula is C14H17F3N2O. The molecule has 0 radical (unpaired) electrons. The molecule has 0 spiro atoms. The molecule has 20 heavy (non-hydrogen) atoms. The Bertz CT molecular complexity index is 488. The summed E-state index contributed by atoms with van der Waals surface area (Å²) >= 11 is 0. The molecule has 0 bridgehead atoms. The van der Waals surface area contributed by atoms with E-state index in [1.807, 2.05) is 6.92 Å². The average Bonchev–Trinajstić information content (AvgIpc) is 2.38. The lowest BCUT2D eigenvalue weighted by molar-refractivity contribution is -0.138. The van der Waals surface area contributed by atoms with Crippen LogP contribution in [0.25, 0.3) is 0 Å². The normalized spacial score (nSPS) is 20.0. The Kier molecular flexibility index (Phi) is 4.32. The molecule has 1 aliphatic heterocycles. The summed E-state index contributed by atoms with van der Waals surface area (Å²) in [6.45, 7) is 3.89. The molecule has 1 heterocycles. The van der Waals surface area contributed by atoms with Gasteiger partial charge < -0.3 is 10.2 Å². The molecule has 3 nitrogen and oxygen atoms in total. The summed E-state index contributed by atoms with van der Waals surface area (Å²) in [5.41, 5.74) is -0.313. The first-order chi connectivity index (χ1) is 9.36. The highest BCUT2D eigenvalue weighted by molar-refractivity contribution is 5.79. The summed E-state index contributed by atoms with van der Waals surface area (Å²) in [6, 6.07) is 5.17. The summed E-state index contributed by atoms with van der Waals surface area (Å²) in [5.74, 6) is -0.127. The van der Waals surface area contributed by atoms with Gasteiger partial charge in [0.15, 0.2) is 0 Å². The Hall–Kier alpha value is -1.56. The van der Waals surface area contributed by atoms with E-state index in [4.69, 9.17) is 0 Å². The molecule has 1 atom stereocenters. The summed E-state index contributed by atoms with van der Waals surface area (Å²) < 4.78 is 37.8. The number of halogens is 3. The van der Waals surface area contributed by atoms with Crippen LogP contribution >= 0.6 is 0 Å². The Labute approximate surface area is 115 Å². The van der Waals surface area contributed by atoms with Crippen molar-refractivity contribution in [2.75, 3.05) is 19.6 Å². The molecule has 0 aliphatic carbocycles. The fraction of sp³-hybridized carbons (Fsp3) is 0.500. The van der Waals surface area contributed by atoms with E-state index >= 15 is 0 Å². The monoisotopic (exact) mass is 286 g/mol. The minimum Gasteiger partial charge on any atom is -0.340 e. The number of hydrogen-bond acceptors (Lipinski definition) is 2. The summed E-state index contributed by atoms with van der Waals surface area (Å²) in [4.78, 5) is 13.8. The molecular weight excluding hydrogens is 269 g/mol. The maximum absolute atomic E-state index is 12.6. The number of rotatable bonds is 2. The summed E-state index contributed by atoms with van der Waals surface area (Å²) in [7, 11) is 0. The second-order valence-corrected chi connectivity index (χ2v) is 5.07. The fourth-order valence-corrected chi connectivity index (χ4v) is 2.30. The van der Waals surface area contributed by atoms with E-state index in [-0.39, 0.29) is 18.4 Å². The highest BCUT2D eigenvalue weighted by Gasteiger charge is 2.30. The van der Waals surface area contributed by atoms with Crippen LogP contribution in [0.15, 0.2) is 24.3 Å². The van der Waals surface area contributed by atoms with Gasteiger partial charge in [0.05, 0.1) is 12.0 Å². The standard InChI is InChI=1S/C14H17F3N2O/c1-10-9-19(6-5-18-10)13(20)8-11-3-2-4-12(7-11)14(15,16)17/h2-4,7,10,18H,5-6,8-9H2,1H3/t10-/m0/s1. The lowest BCUT2D eigenvalue weighted by Gasteiger charge is -2.32. The van der Waals surface area contributed by atoms with Gasteiger partial charge in [0.2, 0.25) is 5.91 Å². The first kappa shape index (κ1) is 14.8. The molecule has 0 saturated carbocycles. The molecule has 2 rings (SSSR count). The van der Waals surface area contributed by atoms with Crippen molar-refractivity contribution < 1.29 is 18.0 Å². The molecule has 1 amide bonds. The van der Waals surface area contributed by atoms with Crippen LogP contribution in [-0.2, 0) is 17.4 Å². The molecule has 1 aromatic rings. The average molecular weight is 286 g/mol. The second-order valence-electron chi connectivity index (χ2n) is 5.07. The molecule has 1 saturated heterocycles. The summed E-state index contributed by atoms with van der Waals surface area (Å²) in [5, 5.41) is 3.22. The van der Waals surface area contributed by atoms with Gasteiger partial charge in [-0.05, 0) is 18.6 Å². The van der Waals surface area contributed by atoms with Crippen molar-refractivity contribution >= 4 is 5.91 Å². The number of amides is 1. The number of alkyl halides is 3. The number of nitrogens with one attached hydrogen (secondary N) is 1. The number of carbonyl (C=O) groups is 1. The predicted molar refractivity (Wildman–Crippen MR) is 69.2 cm³/mol. The van der Waals surface area contributed by atoms with Gasteiger partial charge in [0, 0.05) is 25.7 Å². The van der Waals surface area contributed by atoms with Crippen molar-refractivity contribution in [3.8, 4) is 0 Å². The van der Waals surface area contributed by atoms with E-state index in [0.717, 1.165) is 18.7 Å². The lowest BCUT2D eigenvalue weighted by Crippen LogP contribution is -2.51. The first-order valence-corrected chi connectivity index (χ1v) is 6.53. The van der Waals surface area contributed by atoms with Crippen LogP contribution in [0.3, 0.4) is 0 Å². The Balaban J connectivity index is 2.04. The number of hydrogen-bond donors (Lipinski definition) is 1. The molecule has 1 aromatic carbocycles. The van der Waals surface area contributed by atoms with Crippen LogP contribution in [0.1, 0.15) is 18.1 Å². The largest absolute Gasteiger partial charge is 0.416 e. The third kappa shape index (κ3) is 3.72. The SMILES string of the molecule is C[C@H]1CN(C(=O)Cc2cccc(C(F)(F)F)c2)CCN1. The maximum Gasteiger partial charge on any atom is 0.416 e. The van der Waals surface area contributed by atoms with Crippen molar-refractivity contribution in [3.05, 3.63) is 35.4 Å². The number of benzene rings is 1. The number of nitrogens with zero attached hydrogens (tertiary/aromatic N) is 1. The van der Waals surface area contributed by atoms with Crippen molar-refractivity contribution in [1.29, 1.82) is 0 Å². The molecule has 6 heteroatoms. The molecule has 110 valence electrons. The van der Waals surface area contributed by atoms with E-state index in [0.29, 0.717) is 18.7 Å². The van der Waals surface area contributed by atoms with Crippen LogP contribution in [0.5, 0.6) is 0 Å². The number of piperazine rings is 1. The van der Waals surface area contributed by atoms with Gasteiger partial charge in [-0.2, -0.15) is 13.2 Å². The third-order valence-corrected chi connectivity index (χ3v) is 3.33.